The van der Waals surface area contributed by atoms with Gasteiger partial charge in [-0.15, -0.1) is 0 Å². The van der Waals surface area contributed by atoms with E-state index in [4.69, 9.17) is 16.7 Å². The van der Waals surface area contributed by atoms with Gasteiger partial charge in [0, 0.05) is 101 Å². The number of rotatable bonds is 8. The Morgan fingerprint density at radius 2 is 1.01 bits per heavy atom. The molecule has 0 aliphatic heterocycles. The Hall–Kier alpha value is -5.41. The van der Waals surface area contributed by atoms with Gasteiger partial charge in [-0.25, -0.2) is 4.98 Å². The molecule has 0 radical (unpaired) electrons. The van der Waals surface area contributed by atoms with E-state index in [2.05, 4.69) is 78.0 Å². The molecule has 0 aliphatic rings. The van der Waals surface area contributed by atoms with Crippen LogP contribution >= 0.6 is 47.8 Å². The Morgan fingerprint density at radius 1 is 0.594 bits per heavy atom. The Labute approximate surface area is 437 Å². The molecule has 10 nitrogen and oxygen atoms in total. The number of alkyl halides is 6. The van der Waals surface area contributed by atoms with Crippen LogP contribution in [0.4, 0.5) is 37.7 Å². The summed E-state index contributed by atoms with van der Waals surface area (Å²) < 4.78 is 78.9. The number of nitrogens with zero attached hydrogens (tertiary/aromatic N) is 6. The third kappa shape index (κ3) is 24.6. The number of nitrogens with two attached hydrogens (primary N) is 2. The molecule has 0 saturated heterocycles. The number of carbonyl (C=O) groups excluding carboxylic acids is 1. The molecule has 69 heavy (non-hydrogen) atoms. The summed E-state index contributed by atoms with van der Waals surface area (Å²) in [5.74, 6) is -8.79. The van der Waals surface area contributed by atoms with Gasteiger partial charge in [0.1, 0.15) is 28.8 Å². The van der Waals surface area contributed by atoms with E-state index in [9.17, 15) is 31.1 Å². The molecule has 5 heterocycles. The van der Waals surface area contributed by atoms with Crippen molar-refractivity contribution in [1.82, 2.24) is 24.9 Å². The number of benzene rings is 2. The summed E-state index contributed by atoms with van der Waals surface area (Å²) in [4.78, 5) is 29.2. The number of halogens is 9. The molecule has 5 N–H and O–H groups in total. The smallest absolute Gasteiger partial charge is 0.289 e. The first-order chi connectivity index (χ1) is 31.6. The summed E-state index contributed by atoms with van der Waals surface area (Å²) in [5.41, 5.74) is 13.3. The molecule has 0 atom stereocenters. The van der Waals surface area contributed by atoms with E-state index in [0.29, 0.717) is 34.6 Å². The van der Waals surface area contributed by atoms with E-state index in [1.54, 1.807) is 60.9 Å². The van der Waals surface area contributed by atoms with Crippen molar-refractivity contribution >= 4 is 64.9 Å². The van der Waals surface area contributed by atoms with Crippen molar-refractivity contribution in [3.05, 3.63) is 213 Å². The van der Waals surface area contributed by atoms with Gasteiger partial charge in [0.15, 0.2) is 11.5 Å². The third-order valence-electron chi connectivity index (χ3n) is 8.01. The summed E-state index contributed by atoms with van der Waals surface area (Å²) in [7, 11) is 0. The second-order valence-electron chi connectivity index (χ2n) is 13.7. The number of ketones is 1. The number of aromatic nitrogens is 5. The minimum absolute atomic E-state index is 0. The minimum atomic E-state index is -2.95. The molecule has 0 aliphatic carbocycles. The van der Waals surface area contributed by atoms with Crippen molar-refractivity contribution in [3.8, 4) is 6.07 Å². The van der Waals surface area contributed by atoms with Gasteiger partial charge >= 0.3 is 0 Å². The summed E-state index contributed by atoms with van der Waals surface area (Å²) in [5, 5.41) is 11.4. The monoisotopic (exact) mass is 1240 g/mol. The zero-order valence-electron chi connectivity index (χ0n) is 37.8. The van der Waals surface area contributed by atoms with E-state index < -0.39 is 17.8 Å². The maximum Gasteiger partial charge on any atom is 0.289 e. The van der Waals surface area contributed by atoms with Crippen LogP contribution < -0.4 is 16.8 Å². The van der Waals surface area contributed by atoms with Crippen LogP contribution in [-0.4, -0.2) is 30.7 Å². The van der Waals surface area contributed by atoms with Crippen LogP contribution in [0.15, 0.2) is 166 Å². The molecule has 0 spiro atoms. The average molecular weight is 1240 g/mol. The van der Waals surface area contributed by atoms with E-state index in [1.165, 1.54) is 43.2 Å². The van der Waals surface area contributed by atoms with E-state index in [0.717, 1.165) is 35.3 Å². The number of Topliss-reactive ketones (excluding diaryl/α,β-unsaturated/α-hetero) is 1. The van der Waals surface area contributed by atoms with Crippen LogP contribution in [0.5, 0.6) is 0 Å². The molecule has 2 aromatic carbocycles. The summed E-state index contributed by atoms with van der Waals surface area (Å²) >= 11 is 9.37. The molecular weight excluding hydrogens is 1190 g/mol. The number of anilines is 2. The van der Waals surface area contributed by atoms with Crippen molar-refractivity contribution in [2.75, 3.05) is 11.1 Å². The van der Waals surface area contributed by atoms with Crippen molar-refractivity contribution < 1.29 is 51.6 Å². The van der Waals surface area contributed by atoms with E-state index >= 15 is 0 Å². The fourth-order valence-electron chi connectivity index (χ4n) is 4.91. The standard InChI is InChI=1S/C14H14F2N2.C7H6BrF2N.C7H6BrNO.C7H8F2N2.C7H9N.C6H3BrN2.CH3.Pd/c1-14(15,16)13-12(8-5-9-17-13)18-10-11-6-3-2-4-7-11;1-7(9,10)6-5(8)3-2-4-11-6;1-5(10)7-6(8)3-2-4-9-7;1-7(8,9)6-5(10)3-2-4-11-6;8-6-7-4-2-1-3-5-7;7-5-2-1-3-9-6(5)4-8;;/h2-9,18H,10H2,1H3;2-4H,1H3;2-4H,1H3;2-4H,10H2,1H3;1-5H,6,8H2;1-3H;1H3;/q;;;;;;-1;. The molecule has 7 rings (SSSR count). The largest absolute Gasteiger partial charge is 0.397 e. The Bertz CT molecular complexity index is 2550. The number of nitrogen functional groups attached to an aromatic ring is 1. The Kier molecular flexibility index (Phi) is 29.9. The van der Waals surface area contributed by atoms with Crippen LogP contribution in [0.25, 0.3) is 0 Å². The topological polar surface area (TPSA) is 169 Å². The maximum atomic E-state index is 13.3. The molecule has 0 saturated carbocycles. The number of nitriles is 1. The van der Waals surface area contributed by atoms with Crippen LogP contribution in [0, 0.1) is 18.8 Å². The molecule has 0 bridgehead atoms. The van der Waals surface area contributed by atoms with Gasteiger partial charge in [-0.2, -0.15) is 31.6 Å². The quantitative estimate of drug-likeness (QED) is 0.0576. The fourth-order valence-corrected chi connectivity index (χ4v) is 6.39. The molecule has 7 aromatic rings. The number of pyridine rings is 5. The zero-order chi connectivity index (χ0) is 50.0. The van der Waals surface area contributed by atoms with Crippen LogP contribution in [0.2, 0.25) is 0 Å². The zero-order valence-corrected chi connectivity index (χ0v) is 44.1. The average Bonchev–Trinajstić information content (AvgIpc) is 3.29. The Balaban J connectivity index is 0.000000818. The summed E-state index contributed by atoms with van der Waals surface area (Å²) in [6, 6.07) is 38.0. The number of carbonyl (C=O) groups is 1. The second kappa shape index (κ2) is 32.4. The first-order valence-corrected chi connectivity index (χ1v) is 22.0. The first-order valence-electron chi connectivity index (χ1n) is 19.6. The number of hydrogen-bond donors (Lipinski definition) is 3. The fraction of sp³-hybridized carbons (Fsp3) is 0.184. The molecular formula is C49H49Br3F6N9OPd-. The minimum Gasteiger partial charge on any atom is -0.397 e. The van der Waals surface area contributed by atoms with Gasteiger partial charge in [-0.05, 0) is 120 Å². The van der Waals surface area contributed by atoms with Crippen molar-refractivity contribution in [2.24, 2.45) is 5.73 Å². The Morgan fingerprint density at radius 3 is 1.38 bits per heavy atom. The predicted molar refractivity (Wildman–Crippen MR) is 267 cm³/mol. The SMILES string of the molecule is CC(=O)c1ncccc1Br.CC(F)(F)c1ncccc1Br.CC(F)(F)c1ncccc1N.CC(F)(F)c1ncccc1NCc1ccccc1.N#Cc1ncccc1Br.NCc1ccccc1.[CH3-].[Pd]. The van der Waals surface area contributed by atoms with Crippen molar-refractivity contribution in [3.63, 3.8) is 0 Å². The van der Waals surface area contributed by atoms with Crippen molar-refractivity contribution in [2.45, 2.75) is 58.6 Å². The second-order valence-corrected chi connectivity index (χ2v) is 16.3. The van der Waals surface area contributed by atoms with Crippen LogP contribution in [-0.2, 0) is 51.3 Å². The molecule has 5 aromatic heterocycles. The van der Waals surface area contributed by atoms with Gasteiger partial charge in [-0.3, -0.25) is 24.7 Å². The van der Waals surface area contributed by atoms with E-state index in [-0.39, 0.29) is 56.4 Å². The maximum absolute atomic E-state index is 13.3. The van der Waals surface area contributed by atoms with Gasteiger partial charge in [0.25, 0.3) is 17.8 Å². The summed E-state index contributed by atoms with van der Waals surface area (Å²) in [6.45, 7) is 5.07. The molecule has 370 valence electrons. The summed E-state index contributed by atoms with van der Waals surface area (Å²) in [6.07, 6.45) is 7.20. The molecule has 20 heteroatoms. The van der Waals surface area contributed by atoms with Crippen LogP contribution in [0.1, 0.15) is 72.1 Å². The van der Waals surface area contributed by atoms with Gasteiger partial charge < -0.3 is 24.2 Å². The number of nitrogens with one attached hydrogen (secondary N) is 1. The predicted octanol–water partition coefficient (Wildman–Crippen LogP) is 13.9. The van der Waals surface area contributed by atoms with Gasteiger partial charge in [0.05, 0.1) is 15.8 Å². The van der Waals surface area contributed by atoms with Gasteiger partial charge in [0.2, 0.25) is 0 Å². The molecule has 0 fully saturated rings. The van der Waals surface area contributed by atoms with Crippen LogP contribution in [0.3, 0.4) is 0 Å². The normalized spacial score (nSPS) is 10.2. The number of hydrogen-bond acceptors (Lipinski definition) is 10. The molecule has 0 unspecified atom stereocenters. The molecule has 0 amide bonds. The van der Waals surface area contributed by atoms with Crippen molar-refractivity contribution in [1.29, 1.82) is 5.26 Å². The van der Waals surface area contributed by atoms with Gasteiger partial charge in [-0.1, -0.05) is 60.7 Å². The van der Waals surface area contributed by atoms with E-state index in [1.807, 2.05) is 66.7 Å². The third-order valence-corrected chi connectivity index (χ3v) is 9.93. The first kappa shape index (κ1) is 63.6.